The molecule has 0 aliphatic carbocycles. The van der Waals surface area contributed by atoms with Crippen molar-refractivity contribution in [3.63, 3.8) is 0 Å². The van der Waals surface area contributed by atoms with Gasteiger partial charge in [-0.2, -0.15) is 0 Å². The third kappa shape index (κ3) is 6.54. The zero-order chi connectivity index (χ0) is 11.7. The highest BCUT2D eigenvalue weighted by molar-refractivity contribution is 5.82. The molecule has 5 nitrogen and oxygen atoms in total. The van der Waals surface area contributed by atoms with Crippen molar-refractivity contribution in [1.82, 2.24) is 10.6 Å². The van der Waals surface area contributed by atoms with E-state index in [-0.39, 0.29) is 6.42 Å². The molecule has 1 atom stereocenters. The van der Waals surface area contributed by atoms with Gasteiger partial charge in [0.2, 0.25) is 0 Å². The Morgan fingerprint density at radius 1 is 1.53 bits per heavy atom. The average molecular weight is 214 g/mol. The molecule has 0 saturated carbocycles. The lowest BCUT2D eigenvalue weighted by molar-refractivity contribution is -0.139. The van der Waals surface area contributed by atoms with Crippen LogP contribution in [0.5, 0.6) is 0 Å². The number of aliphatic carboxylic acids is 1. The molecule has 0 aliphatic heterocycles. The highest BCUT2D eigenvalue weighted by Crippen LogP contribution is 1.93. The summed E-state index contributed by atoms with van der Waals surface area (Å²) in [5, 5.41) is 13.7. The van der Waals surface area contributed by atoms with Crippen LogP contribution in [-0.2, 0) is 4.79 Å². The Kier molecular flexibility index (Phi) is 7.05. The largest absolute Gasteiger partial charge is 0.480 e. The van der Waals surface area contributed by atoms with Crippen molar-refractivity contribution in [1.29, 1.82) is 0 Å². The second kappa shape index (κ2) is 7.84. The lowest BCUT2D eigenvalue weighted by Crippen LogP contribution is -2.45. The molecule has 1 unspecified atom stereocenters. The Morgan fingerprint density at radius 3 is 2.67 bits per heavy atom. The van der Waals surface area contributed by atoms with Gasteiger partial charge in [-0.15, -0.1) is 6.58 Å². The first-order chi connectivity index (χ1) is 7.11. The van der Waals surface area contributed by atoms with E-state index in [2.05, 4.69) is 17.2 Å². The van der Waals surface area contributed by atoms with Crippen molar-refractivity contribution >= 4 is 12.0 Å². The first-order valence-corrected chi connectivity index (χ1v) is 4.99. The van der Waals surface area contributed by atoms with E-state index in [9.17, 15) is 9.59 Å². The number of unbranched alkanes of at least 4 members (excludes halogenated alkanes) is 1. The van der Waals surface area contributed by atoms with E-state index >= 15 is 0 Å². The van der Waals surface area contributed by atoms with Crippen LogP contribution >= 0.6 is 0 Å². The van der Waals surface area contributed by atoms with Gasteiger partial charge in [-0.3, -0.25) is 0 Å². The number of rotatable bonds is 7. The monoisotopic (exact) mass is 214 g/mol. The summed E-state index contributed by atoms with van der Waals surface area (Å²) in [6, 6.07) is -1.35. The summed E-state index contributed by atoms with van der Waals surface area (Å²) in [6.07, 6.45) is 3.55. The van der Waals surface area contributed by atoms with Crippen molar-refractivity contribution in [2.45, 2.75) is 32.2 Å². The molecule has 0 spiro atoms. The maximum Gasteiger partial charge on any atom is 0.326 e. The molecule has 0 aliphatic rings. The van der Waals surface area contributed by atoms with Crippen LogP contribution in [0, 0.1) is 0 Å². The van der Waals surface area contributed by atoms with Crippen molar-refractivity contribution < 1.29 is 14.7 Å². The van der Waals surface area contributed by atoms with E-state index < -0.39 is 18.0 Å². The molecule has 2 amide bonds. The van der Waals surface area contributed by atoms with E-state index in [1.807, 2.05) is 6.92 Å². The Bertz CT molecular complexity index is 229. The smallest absolute Gasteiger partial charge is 0.326 e. The molecular formula is C10H18N2O3. The number of urea groups is 1. The number of carboxylic acid groups (broad SMARTS) is 1. The Balaban J connectivity index is 3.89. The topological polar surface area (TPSA) is 78.4 Å². The molecular weight excluding hydrogens is 196 g/mol. The molecule has 0 aromatic rings. The molecule has 0 bridgehead atoms. The predicted molar refractivity (Wildman–Crippen MR) is 57.7 cm³/mol. The first kappa shape index (κ1) is 13.5. The van der Waals surface area contributed by atoms with Gasteiger partial charge in [0.25, 0.3) is 0 Å². The second-order valence-electron chi connectivity index (χ2n) is 3.17. The molecule has 0 fully saturated rings. The van der Waals surface area contributed by atoms with Crippen LogP contribution in [0.3, 0.4) is 0 Å². The van der Waals surface area contributed by atoms with Crippen LogP contribution in [0.2, 0.25) is 0 Å². The zero-order valence-corrected chi connectivity index (χ0v) is 8.95. The average Bonchev–Trinajstić information content (AvgIpc) is 2.17. The minimum atomic E-state index is -1.06. The highest BCUT2D eigenvalue weighted by atomic mass is 16.4. The molecule has 5 heteroatoms. The van der Waals surface area contributed by atoms with Crippen molar-refractivity contribution in [2.24, 2.45) is 0 Å². The molecule has 0 saturated heterocycles. The molecule has 3 N–H and O–H groups in total. The number of amides is 2. The molecule has 0 radical (unpaired) electrons. The Hall–Kier alpha value is -1.52. The number of carbonyl (C=O) groups excluding carboxylic acids is 1. The highest BCUT2D eigenvalue weighted by Gasteiger charge is 2.17. The number of hydrogen-bond acceptors (Lipinski definition) is 2. The third-order valence-electron chi connectivity index (χ3n) is 1.82. The summed E-state index contributed by atoms with van der Waals surface area (Å²) < 4.78 is 0. The lowest BCUT2D eigenvalue weighted by Gasteiger charge is -2.13. The quantitative estimate of drug-likeness (QED) is 0.439. The number of carbonyl (C=O) groups is 2. The fourth-order valence-electron chi connectivity index (χ4n) is 0.976. The van der Waals surface area contributed by atoms with Gasteiger partial charge in [-0.25, -0.2) is 9.59 Å². The Morgan fingerprint density at radius 2 is 2.20 bits per heavy atom. The minimum Gasteiger partial charge on any atom is -0.480 e. The van der Waals surface area contributed by atoms with Crippen molar-refractivity contribution in [3.05, 3.63) is 12.7 Å². The standard InChI is InChI=1S/C10H18N2O3/c1-3-5-7-11-10(15)12-8(6-4-2)9(13)14/h4,8H,2-3,5-7H2,1H3,(H,13,14)(H2,11,12,15). The SMILES string of the molecule is C=CCC(NC(=O)NCCCC)C(=O)O. The van der Waals surface area contributed by atoms with E-state index in [0.717, 1.165) is 12.8 Å². The molecule has 0 aromatic carbocycles. The summed E-state index contributed by atoms with van der Waals surface area (Å²) in [7, 11) is 0. The molecule has 0 aromatic heterocycles. The van der Waals surface area contributed by atoms with E-state index in [0.29, 0.717) is 6.54 Å². The van der Waals surface area contributed by atoms with Gasteiger partial charge in [0.15, 0.2) is 0 Å². The fourth-order valence-corrected chi connectivity index (χ4v) is 0.976. The van der Waals surface area contributed by atoms with Gasteiger partial charge in [0.1, 0.15) is 6.04 Å². The van der Waals surface area contributed by atoms with Crippen molar-refractivity contribution in [2.75, 3.05) is 6.54 Å². The first-order valence-electron chi connectivity index (χ1n) is 4.99. The van der Waals surface area contributed by atoms with Crippen LogP contribution in [-0.4, -0.2) is 29.7 Å². The van der Waals surface area contributed by atoms with Gasteiger partial charge in [-0.05, 0) is 12.8 Å². The van der Waals surface area contributed by atoms with Crippen LogP contribution in [0.4, 0.5) is 4.79 Å². The zero-order valence-electron chi connectivity index (χ0n) is 8.95. The van der Waals surface area contributed by atoms with E-state index in [1.54, 1.807) is 0 Å². The summed E-state index contributed by atoms with van der Waals surface area (Å²) in [4.78, 5) is 21.9. The van der Waals surface area contributed by atoms with E-state index in [1.165, 1.54) is 6.08 Å². The van der Waals surface area contributed by atoms with Gasteiger partial charge < -0.3 is 15.7 Å². The van der Waals surface area contributed by atoms with Gasteiger partial charge in [0, 0.05) is 6.54 Å². The fraction of sp³-hybridized carbons (Fsp3) is 0.600. The molecule has 15 heavy (non-hydrogen) atoms. The maximum absolute atomic E-state index is 11.2. The Labute approximate surface area is 89.6 Å². The van der Waals surface area contributed by atoms with Crippen LogP contribution < -0.4 is 10.6 Å². The summed E-state index contributed by atoms with van der Waals surface area (Å²) in [5.74, 6) is -1.06. The minimum absolute atomic E-state index is 0.219. The van der Waals surface area contributed by atoms with E-state index in [4.69, 9.17) is 5.11 Å². The van der Waals surface area contributed by atoms with Gasteiger partial charge in [0.05, 0.1) is 0 Å². The number of hydrogen-bond donors (Lipinski definition) is 3. The molecule has 0 rings (SSSR count). The van der Waals surface area contributed by atoms with Crippen LogP contribution in [0.15, 0.2) is 12.7 Å². The predicted octanol–water partition coefficient (Wildman–Crippen LogP) is 1.11. The normalized spacial score (nSPS) is 11.5. The third-order valence-corrected chi connectivity index (χ3v) is 1.82. The lowest BCUT2D eigenvalue weighted by atomic mass is 10.2. The molecule has 0 heterocycles. The van der Waals surface area contributed by atoms with Gasteiger partial charge >= 0.3 is 12.0 Å². The summed E-state index contributed by atoms with van der Waals surface area (Å²) >= 11 is 0. The van der Waals surface area contributed by atoms with Gasteiger partial charge in [-0.1, -0.05) is 19.4 Å². The number of nitrogens with one attached hydrogen (secondary N) is 2. The summed E-state index contributed by atoms with van der Waals surface area (Å²) in [5.41, 5.74) is 0. The van der Waals surface area contributed by atoms with Crippen LogP contribution in [0.25, 0.3) is 0 Å². The number of carboxylic acids is 1. The summed E-state index contributed by atoms with van der Waals surface area (Å²) in [6.45, 7) is 6.00. The second-order valence-corrected chi connectivity index (χ2v) is 3.17. The maximum atomic E-state index is 11.2. The molecule has 86 valence electrons. The van der Waals surface area contributed by atoms with Crippen LogP contribution in [0.1, 0.15) is 26.2 Å². The van der Waals surface area contributed by atoms with Crippen molar-refractivity contribution in [3.8, 4) is 0 Å².